The van der Waals surface area contributed by atoms with Crippen LogP contribution in [0.15, 0.2) is 72.8 Å². The number of amides is 2. The Morgan fingerprint density at radius 1 is 0.846 bits per heavy atom. The van der Waals surface area contributed by atoms with E-state index >= 15 is 0 Å². The summed E-state index contributed by atoms with van der Waals surface area (Å²) in [6.07, 6.45) is -3.69. The molecule has 3 rings (SSSR count). The van der Waals surface area contributed by atoms with Crippen molar-refractivity contribution < 1.29 is 37.0 Å². The Morgan fingerprint density at radius 2 is 1.38 bits per heavy atom. The fourth-order valence-corrected chi connectivity index (χ4v) is 3.75. The van der Waals surface area contributed by atoms with Crippen molar-refractivity contribution in [2.45, 2.75) is 31.4 Å². The molecular weight excluding hydrogens is 515 g/mol. The summed E-state index contributed by atoms with van der Waals surface area (Å²) in [5, 5.41) is 11.0. The molecule has 2 atom stereocenters. The van der Waals surface area contributed by atoms with Gasteiger partial charge in [-0.15, -0.1) is 0 Å². The lowest BCUT2D eigenvalue weighted by Crippen LogP contribution is -2.43. The lowest BCUT2D eigenvalue weighted by atomic mass is 9.90. The summed E-state index contributed by atoms with van der Waals surface area (Å²) in [6, 6.07) is 17.5. The van der Waals surface area contributed by atoms with Gasteiger partial charge in [-0.3, -0.25) is 4.79 Å². The van der Waals surface area contributed by atoms with Crippen LogP contribution in [0, 0.1) is 17.1 Å². The van der Waals surface area contributed by atoms with E-state index in [9.17, 15) is 27.6 Å². The summed E-state index contributed by atoms with van der Waals surface area (Å²) in [7, 11) is 0. The van der Waals surface area contributed by atoms with Crippen molar-refractivity contribution in [1.29, 1.82) is 5.26 Å². The van der Waals surface area contributed by atoms with E-state index in [1.807, 2.05) is 0 Å². The number of hydrogen-bond donors (Lipinski definition) is 2. The predicted molar refractivity (Wildman–Crippen MR) is 133 cm³/mol. The lowest BCUT2D eigenvalue weighted by Gasteiger charge is -2.17. The molecule has 0 aliphatic carbocycles. The number of esters is 1. The van der Waals surface area contributed by atoms with Crippen LogP contribution >= 0.6 is 0 Å². The highest BCUT2D eigenvalue weighted by atomic mass is 19.3. The molecule has 3 N–H and O–H groups in total. The Labute approximate surface area is 222 Å². The third-order valence-corrected chi connectivity index (χ3v) is 5.70. The first-order chi connectivity index (χ1) is 18.7. The second-order valence-electron chi connectivity index (χ2n) is 8.41. The minimum absolute atomic E-state index is 0.0878. The molecule has 3 aromatic rings. The second kappa shape index (κ2) is 13.6. The topological polar surface area (TPSA) is 132 Å². The van der Waals surface area contributed by atoms with Crippen LogP contribution in [0.4, 0.5) is 18.0 Å². The minimum Gasteiger partial charge on any atom is -0.449 e. The predicted octanol–water partition coefficient (Wildman–Crippen LogP) is 4.28. The molecule has 0 spiro atoms. The van der Waals surface area contributed by atoms with Gasteiger partial charge in [-0.1, -0.05) is 60.7 Å². The normalized spacial score (nSPS) is 12.2. The van der Waals surface area contributed by atoms with Crippen LogP contribution in [0.1, 0.15) is 40.2 Å². The van der Waals surface area contributed by atoms with Gasteiger partial charge in [-0.2, -0.15) is 5.26 Å². The summed E-state index contributed by atoms with van der Waals surface area (Å²) < 4.78 is 48.9. The highest BCUT2D eigenvalue weighted by molar-refractivity contribution is 5.85. The van der Waals surface area contributed by atoms with Gasteiger partial charge in [0, 0.05) is 12.0 Å². The summed E-state index contributed by atoms with van der Waals surface area (Å²) in [6.45, 7) is -0.722. The first-order valence-electron chi connectivity index (χ1n) is 11.7. The average Bonchev–Trinajstić information content (AvgIpc) is 2.92. The number of hydrogen-bond acceptors (Lipinski definition) is 6. The van der Waals surface area contributed by atoms with Gasteiger partial charge in [0.1, 0.15) is 24.5 Å². The molecule has 0 bridgehead atoms. The van der Waals surface area contributed by atoms with Crippen molar-refractivity contribution >= 4 is 18.0 Å². The van der Waals surface area contributed by atoms with Crippen molar-refractivity contribution in [3.8, 4) is 6.07 Å². The molecule has 11 heteroatoms. The Balaban J connectivity index is 1.63. The largest absolute Gasteiger partial charge is 0.449 e. The monoisotopic (exact) mass is 539 g/mol. The summed E-state index contributed by atoms with van der Waals surface area (Å²) >= 11 is 0. The highest BCUT2D eigenvalue weighted by Gasteiger charge is 2.24. The minimum atomic E-state index is -2.65. The van der Waals surface area contributed by atoms with Gasteiger partial charge >= 0.3 is 12.1 Å². The number of benzene rings is 3. The fourth-order valence-electron chi connectivity index (χ4n) is 3.75. The van der Waals surface area contributed by atoms with Gasteiger partial charge in [0.15, 0.2) is 6.61 Å². The number of halogens is 3. The van der Waals surface area contributed by atoms with E-state index in [1.165, 1.54) is 48.5 Å². The summed E-state index contributed by atoms with van der Waals surface area (Å²) in [5.74, 6) is -2.77. The molecule has 2 amide bonds. The van der Waals surface area contributed by atoms with Crippen LogP contribution in [0.5, 0.6) is 0 Å². The van der Waals surface area contributed by atoms with Crippen LogP contribution in [-0.4, -0.2) is 30.6 Å². The van der Waals surface area contributed by atoms with Gasteiger partial charge in [-0.25, -0.2) is 22.8 Å². The molecule has 0 saturated carbocycles. The number of ether oxygens (including phenoxy) is 2. The Hall–Kier alpha value is -4.85. The van der Waals surface area contributed by atoms with Crippen molar-refractivity contribution in [3.63, 3.8) is 0 Å². The Morgan fingerprint density at radius 3 is 1.92 bits per heavy atom. The first-order valence-corrected chi connectivity index (χ1v) is 11.7. The third kappa shape index (κ3) is 8.33. The Bertz CT molecular complexity index is 1320. The van der Waals surface area contributed by atoms with E-state index in [0.717, 1.165) is 0 Å². The van der Waals surface area contributed by atoms with E-state index in [2.05, 4.69) is 5.32 Å². The van der Waals surface area contributed by atoms with Gasteiger partial charge < -0.3 is 20.5 Å². The summed E-state index contributed by atoms with van der Waals surface area (Å²) in [4.78, 5) is 36.8. The number of carbonyl (C=O) groups is 3. The molecule has 0 radical (unpaired) electrons. The maximum atomic E-state index is 13.3. The van der Waals surface area contributed by atoms with Crippen LogP contribution in [0.25, 0.3) is 0 Å². The van der Waals surface area contributed by atoms with Crippen LogP contribution in [0.2, 0.25) is 0 Å². The van der Waals surface area contributed by atoms with E-state index in [-0.39, 0.29) is 18.6 Å². The zero-order valence-electron chi connectivity index (χ0n) is 20.5. The molecule has 1 unspecified atom stereocenters. The Kier molecular flexibility index (Phi) is 10.0. The number of nitrogens with zero attached hydrogens (tertiary/aromatic N) is 1. The molecule has 39 heavy (non-hydrogen) atoms. The van der Waals surface area contributed by atoms with Crippen molar-refractivity contribution in [2.75, 3.05) is 6.61 Å². The maximum absolute atomic E-state index is 13.3. The molecule has 0 aromatic heterocycles. The summed E-state index contributed by atoms with van der Waals surface area (Å²) in [5.41, 5.74) is 7.46. The number of carbonyl (C=O) groups excluding carboxylic acids is 3. The highest BCUT2D eigenvalue weighted by Crippen LogP contribution is 2.25. The van der Waals surface area contributed by atoms with Crippen LogP contribution in [-0.2, 0) is 32.1 Å². The molecule has 3 aromatic carbocycles. The molecule has 0 heterocycles. The molecule has 0 aliphatic rings. The van der Waals surface area contributed by atoms with E-state index in [0.29, 0.717) is 22.3 Å². The fraction of sp³-hybridized carbons (Fsp3) is 0.214. The lowest BCUT2D eigenvalue weighted by molar-refractivity contribution is -0.144. The van der Waals surface area contributed by atoms with E-state index in [1.54, 1.807) is 30.3 Å². The molecule has 0 fully saturated rings. The third-order valence-electron chi connectivity index (χ3n) is 5.70. The smallest absolute Gasteiger partial charge is 0.408 e. The van der Waals surface area contributed by atoms with Crippen LogP contribution < -0.4 is 11.1 Å². The van der Waals surface area contributed by atoms with Crippen molar-refractivity contribution in [2.24, 2.45) is 5.73 Å². The molecule has 202 valence electrons. The van der Waals surface area contributed by atoms with Gasteiger partial charge in [0.05, 0.1) is 5.92 Å². The zero-order chi connectivity index (χ0) is 28.4. The average molecular weight is 540 g/mol. The van der Waals surface area contributed by atoms with Crippen molar-refractivity contribution in [3.05, 3.63) is 106 Å². The van der Waals surface area contributed by atoms with E-state index < -0.39 is 48.8 Å². The molecule has 0 saturated heterocycles. The number of alkyl halides is 2. The van der Waals surface area contributed by atoms with Gasteiger partial charge in [0.25, 0.3) is 6.43 Å². The quantitative estimate of drug-likeness (QED) is 0.350. The molecule has 0 aliphatic heterocycles. The number of nitrogens with one attached hydrogen (secondary N) is 1. The number of nitriles is 1. The van der Waals surface area contributed by atoms with Crippen molar-refractivity contribution in [1.82, 2.24) is 5.32 Å². The van der Waals surface area contributed by atoms with Crippen LogP contribution in [0.3, 0.4) is 0 Å². The maximum Gasteiger partial charge on any atom is 0.408 e. The number of rotatable bonds is 11. The first kappa shape index (κ1) is 28.7. The van der Waals surface area contributed by atoms with Gasteiger partial charge in [0.2, 0.25) is 5.91 Å². The SMILES string of the molecule is N#CCOC(=O)[C@H](Cc1ccc(C(F)F)cc1)NC(=O)OCc1ccc(C(C(N)=O)c2ccc(F)cc2)cc1. The second-order valence-corrected chi connectivity index (χ2v) is 8.41. The zero-order valence-corrected chi connectivity index (χ0v) is 20.5. The standard InChI is InChI=1S/C28H24F3N3O5/c29-22-11-9-20(10-12-22)24(26(33)35)19-5-3-18(4-6-19)16-39-28(37)34-23(27(36)38-14-13-32)15-17-1-7-21(8-2-17)25(30)31/h1-12,23-25H,14-16H2,(H2,33,35)(H,34,37)/t23-,24?/m0/s1. The number of primary amides is 1. The number of nitrogens with two attached hydrogens (primary N) is 1. The molecular formula is C28H24F3N3O5. The van der Waals surface area contributed by atoms with E-state index in [4.69, 9.17) is 20.5 Å². The molecule has 8 nitrogen and oxygen atoms in total. The number of alkyl carbamates (subject to hydrolysis) is 1. The van der Waals surface area contributed by atoms with Gasteiger partial charge in [-0.05, 0) is 34.4 Å².